The van der Waals surface area contributed by atoms with Crippen molar-refractivity contribution in [3.8, 4) is 0 Å². The molecule has 0 aliphatic heterocycles. The van der Waals surface area contributed by atoms with Gasteiger partial charge in [0, 0.05) is 6.07 Å². The molecule has 0 amide bonds. The minimum Gasteiger partial charge on any atom is -0.359 e. The van der Waals surface area contributed by atoms with E-state index >= 15 is 0 Å². The maximum atomic E-state index is 13.2. The second-order valence-electron chi connectivity index (χ2n) is 8.01. The predicted octanol–water partition coefficient (Wildman–Crippen LogP) is 1.85. The number of aromatic nitrogens is 3. The average Bonchev–Trinajstić information content (AvgIpc) is 3.38. The highest BCUT2D eigenvalue weighted by atomic mass is 32.2. The van der Waals surface area contributed by atoms with Crippen LogP contribution in [0, 0.1) is 6.92 Å². The summed E-state index contributed by atoms with van der Waals surface area (Å²) in [6, 6.07) is 4.20. The third-order valence-corrected chi connectivity index (χ3v) is 6.87. The second-order valence-corrected chi connectivity index (χ2v) is 9.69. The first-order chi connectivity index (χ1) is 15.3. The number of rotatable bonds is 7. The maximum Gasteiger partial charge on any atom is 0.406 e. The Morgan fingerprint density at radius 3 is 2.42 bits per heavy atom. The Bertz CT molecular complexity index is 1450. The molecule has 1 aliphatic carbocycles. The van der Waals surface area contributed by atoms with Gasteiger partial charge in [0.15, 0.2) is 5.76 Å². The Kier molecular flexibility index (Phi) is 5.47. The van der Waals surface area contributed by atoms with Crippen LogP contribution in [-0.2, 0) is 23.1 Å². The summed E-state index contributed by atoms with van der Waals surface area (Å²) in [5, 5.41) is 3.19. The van der Waals surface area contributed by atoms with Gasteiger partial charge >= 0.3 is 11.9 Å². The molecule has 0 unspecified atom stereocenters. The zero-order valence-corrected chi connectivity index (χ0v) is 18.0. The molecule has 4 rings (SSSR count). The molecule has 0 saturated heterocycles. The zero-order valence-electron chi connectivity index (χ0n) is 17.1. The quantitative estimate of drug-likeness (QED) is 0.506. The fraction of sp³-hybridized carbons (Fsp3) is 0.421. The van der Waals surface area contributed by atoms with Crippen LogP contribution >= 0.6 is 0 Å². The summed E-state index contributed by atoms with van der Waals surface area (Å²) in [6.45, 7) is -1.56. The van der Waals surface area contributed by atoms with Crippen LogP contribution in [0.1, 0.15) is 24.3 Å². The minimum atomic E-state index is -4.80. The van der Waals surface area contributed by atoms with Crippen molar-refractivity contribution in [1.82, 2.24) is 19.0 Å². The number of benzene rings is 1. The molecule has 1 aromatic carbocycles. The van der Waals surface area contributed by atoms with Crippen molar-refractivity contribution in [1.29, 1.82) is 0 Å². The van der Waals surface area contributed by atoms with Crippen molar-refractivity contribution in [2.75, 3.05) is 6.67 Å². The molecule has 2 heterocycles. The molecule has 3 aromatic rings. The number of nitrogens with zero attached hydrogens (tertiary/aromatic N) is 3. The summed E-state index contributed by atoms with van der Waals surface area (Å²) >= 11 is 0. The first kappa shape index (κ1) is 23.2. The van der Waals surface area contributed by atoms with Gasteiger partial charge in [0.1, 0.15) is 13.2 Å². The molecule has 33 heavy (non-hydrogen) atoms. The van der Waals surface area contributed by atoms with Crippen LogP contribution in [0.25, 0.3) is 10.9 Å². The standard InChI is InChI=1S/C19H18F4N4O5S/c1-11-6-12(32-24-11)8-26-16(28)14-7-13(33(30,31)25-18(9-20)4-5-18)2-3-15(14)27(17(26)29)10-19(21,22)23/h2-3,6-7,25H,4-5,8-10H2,1H3. The molecule has 178 valence electrons. The summed E-state index contributed by atoms with van der Waals surface area (Å²) in [5.41, 5.74) is -3.44. The number of hydrogen-bond acceptors (Lipinski definition) is 6. The number of aryl methyl sites for hydroxylation is 1. The molecular formula is C19H18F4N4O5S. The molecule has 14 heteroatoms. The monoisotopic (exact) mass is 490 g/mol. The highest BCUT2D eigenvalue weighted by molar-refractivity contribution is 7.89. The number of alkyl halides is 4. The summed E-state index contributed by atoms with van der Waals surface area (Å²) in [4.78, 5) is 25.4. The van der Waals surface area contributed by atoms with Gasteiger partial charge in [0.25, 0.3) is 5.56 Å². The van der Waals surface area contributed by atoms with E-state index in [1.54, 1.807) is 6.92 Å². The second kappa shape index (κ2) is 7.80. The highest BCUT2D eigenvalue weighted by Gasteiger charge is 2.46. The van der Waals surface area contributed by atoms with E-state index in [0.717, 1.165) is 18.2 Å². The molecule has 1 fully saturated rings. The van der Waals surface area contributed by atoms with Crippen molar-refractivity contribution >= 4 is 20.9 Å². The molecule has 0 spiro atoms. The summed E-state index contributed by atoms with van der Waals surface area (Å²) < 4.78 is 86.2. The smallest absolute Gasteiger partial charge is 0.359 e. The van der Waals surface area contributed by atoms with E-state index in [2.05, 4.69) is 9.88 Å². The molecule has 0 atom stereocenters. The highest BCUT2D eigenvalue weighted by Crippen LogP contribution is 2.37. The fourth-order valence-corrected chi connectivity index (χ4v) is 4.91. The van der Waals surface area contributed by atoms with Gasteiger partial charge in [-0.2, -0.15) is 13.2 Å². The molecule has 0 radical (unpaired) electrons. The van der Waals surface area contributed by atoms with Gasteiger partial charge in [-0.1, -0.05) is 5.16 Å². The van der Waals surface area contributed by atoms with Crippen molar-refractivity contribution in [2.24, 2.45) is 0 Å². The Balaban J connectivity index is 1.90. The van der Waals surface area contributed by atoms with Crippen LogP contribution in [0.2, 0.25) is 0 Å². The molecule has 1 N–H and O–H groups in total. The Morgan fingerprint density at radius 2 is 1.88 bits per heavy atom. The lowest BCUT2D eigenvalue weighted by Crippen LogP contribution is -2.42. The number of fused-ring (bicyclic) bond motifs is 1. The van der Waals surface area contributed by atoms with E-state index in [4.69, 9.17) is 4.52 Å². The van der Waals surface area contributed by atoms with Gasteiger partial charge in [-0.15, -0.1) is 0 Å². The third-order valence-electron chi connectivity index (χ3n) is 5.29. The van der Waals surface area contributed by atoms with Gasteiger partial charge in [-0.25, -0.2) is 22.3 Å². The van der Waals surface area contributed by atoms with E-state index in [1.807, 2.05) is 0 Å². The van der Waals surface area contributed by atoms with Gasteiger partial charge in [-0.3, -0.25) is 13.9 Å². The van der Waals surface area contributed by atoms with Crippen LogP contribution in [0.4, 0.5) is 17.6 Å². The van der Waals surface area contributed by atoms with E-state index in [9.17, 15) is 35.6 Å². The molecule has 1 aliphatic rings. The van der Waals surface area contributed by atoms with Crippen LogP contribution in [0.5, 0.6) is 0 Å². The lowest BCUT2D eigenvalue weighted by atomic mass is 10.2. The van der Waals surface area contributed by atoms with Crippen molar-refractivity contribution in [3.63, 3.8) is 0 Å². The molecular weight excluding hydrogens is 472 g/mol. The fourth-order valence-electron chi connectivity index (χ4n) is 3.45. The molecule has 9 nitrogen and oxygen atoms in total. The van der Waals surface area contributed by atoms with Crippen molar-refractivity contribution < 1.29 is 30.5 Å². The molecule has 1 saturated carbocycles. The van der Waals surface area contributed by atoms with E-state index in [-0.39, 0.29) is 5.76 Å². The van der Waals surface area contributed by atoms with E-state index < -0.39 is 68.6 Å². The van der Waals surface area contributed by atoms with Gasteiger partial charge < -0.3 is 4.52 Å². The number of nitrogens with one attached hydrogen (secondary N) is 1. The average molecular weight is 490 g/mol. The number of halogens is 4. The summed E-state index contributed by atoms with van der Waals surface area (Å²) in [6.07, 6.45) is -4.21. The number of sulfonamides is 1. The SMILES string of the molecule is Cc1cc(Cn2c(=O)c3cc(S(=O)(=O)NC4(CF)CC4)ccc3n(CC(F)(F)F)c2=O)on1. The van der Waals surface area contributed by atoms with Gasteiger partial charge in [-0.05, 0) is 38.0 Å². The number of hydrogen-bond donors (Lipinski definition) is 1. The third kappa shape index (κ3) is 4.57. The summed E-state index contributed by atoms with van der Waals surface area (Å²) in [5.74, 6) is 0.0497. The van der Waals surface area contributed by atoms with Crippen molar-refractivity contribution in [3.05, 3.63) is 56.6 Å². The summed E-state index contributed by atoms with van der Waals surface area (Å²) in [7, 11) is -4.28. The molecule has 2 aromatic heterocycles. The first-order valence-corrected chi connectivity index (χ1v) is 11.2. The van der Waals surface area contributed by atoms with E-state index in [0.29, 0.717) is 27.7 Å². The lowest BCUT2D eigenvalue weighted by Gasteiger charge is -2.17. The predicted molar refractivity (Wildman–Crippen MR) is 107 cm³/mol. The minimum absolute atomic E-state index is 0.0497. The Labute approximate surface area is 183 Å². The largest absolute Gasteiger partial charge is 0.406 e. The van der Waals surface area contributed by atoms with Gasteiger partial charge in [0.2, 0.25) is 10.0 Å². The van der Waals surface area contributed by atoms with Crippen LogP contribution < -0.4 is 16.0 Å². The van der Waals surface area contributed by atoms with Crippen LogP contribution in [-0.4, -0.2) is 41.1 Å². The molecule has 0 bridgehead atoms. The first-order valence-electron chi connectivity index (χ1n) is 9.70. The Morgan fingerprint density at radius 1 is 1.18 bits per heavy atom. The van der Waals surface area contributed by atoms with Crippen molar-refractivity contribution in [2.45, 2.75) is 49.5 Å². The zero-order chi connectivity index (χ0) is 24.2. The van der Waals surface area contributed by atoms with E-state index in [1.165, 1.54) is 6.07 Å². The Hall–Kier alpha value is -3.00. The topological polar surface area (TPSA) is 116 Å². The van der Waals surface area contributed by atoms with Crippen LogP contribution in [0.3, 0.4) is 0 Å². The van der Waals surface area contributed by atoms with Crippen LogP contribution in [0.15, 0.2) is 43.3 Å². The lowest BCUT2D eigenvalue weighted by molar-refractivity contribution is -0.140. The maximum absolute atomic E-state index is 13.2. The normalized spacial score (nSPS) is 15.8. The van der Waals surface area contributed by atoms with Gasteiger partial charge in [0.05, 0.1) is 33.6 Å².